The summed E-state index contributed by atoms with van der Waals surface area (Å²) in [6, 6.07) is 3.49. The summed E-state index contributed by atoms with van der Waals surface area (Å²) in [5.74, 6) is 5.85. The Labute approximate surface area is 122 Å². The first-order chi connectivity index (χ1) is 9.20. The highest BCUT2D eigenvalue weighted by molar-refractivity contribution is 7.89. The van der Waals surface area contributed by atoms with E-state index >= 15 is 0 Å². The van der Waals surface area contributed by atoms with Gasteiger partial charge in [-0.1, -0.05) is 13.8 Å². The van der Waals surface area contributed by atoms with Crippen molar-refractivity contribution < 1.29 is 8.42 Å². The highest BCUT2D eigenvalue weighted by Gasteiger charge is 2.25. The number of hydrogen-bond donors (Lipinski definition) is 2. The Hall–Kier alpha value is -1.11. The Morgan fingerprint density at radius 2 is 1.75 bits per heavy atom. The molecular formula is C14H25N3O2S. The minimum Gasteiger partial charge on any atom is -0.324 e. The van der Waals surface area contributed by atoms with Crippen molar-refractivity contribution in [3.63, 3.8) is 0 Å². The van der Waals surface area contributed by atoms with E-state index in [-0.39, 0.29) is 0 Å². The molecule has 0 aliphatic rings. The number of nitrogen functional groups attached to an aromatic ring is 1. The van der Waals surface area contributed by atoms with Crippen molar-refractivity contribution in [2.75, 3.05) is 19.0 Å². The van der Waals surface area contributed by atoms with Crippen LogP contribution in [-0.2, 0) is 10.0 Å². The van der Waals surface area contributed by atoms with Gasteiger partial charge in [-0.2, -0.15) is 0 Å². The summed E-state index contributed by atoms with van der Waals surface area (Å²) in [4.78, 5) is 0.378. The van der Waals surface area contributed by atoms with Gasteiger partial charge in [0.15, 0.2) is 0 Å². The van der Waals surface area contributed by atoms with Crippen molar-refractivity contribution in [3.8, 4) is 0 Å². The Morgan fingerprint density at radius 3 is 2.15 bits per heavy atom. The van der Waals surface area contributed by atoms with Crippen molar-refractivity contribution >= 4 is 15.7 Å². The van der Waals surface area contributed by atoms with Crippen molar-refractivity contribution in [2.45, 2.75) is 39.0 Å². The lowest BCUT2D eigenvalue weighted by Crippen LogP contribution is -2.30. The van der Waals surface area contributed by atoms with E-state index in [0.717, 1.165) is 6.42 Å². The van der Waals surface area contributed by atoms with E-state index in [9.17, 15) is 8.42 Å². The number of rotatable bonds is 6. The molecule has 0 aliphatic heterocycles. The van der Waals surface area contributed by atoms with Gasteiger partial charge in [0, 0.05) is 19.3 Å². The van der Waals surface area contributed by atoms with E-state index in [0.29, 0.717) is 34.2 Å². The average Bonchev–Trinajstić information content (AvgIpc) is 2.34. The Bertz CT molecular complexity index is 545. The van der Waals surface area contributed by atoms with Gasteiger partial charge in [-0.25, -0.2) is 12.7 Å². The third kappa shape index (κ3) is 3.71. The first-order valence-corrected chi connectivity index (χ1v) is 8.18. The maximum absolute atomic E-state index is 12.7. The van der Waals surface area contributed by atoms with Crippen LogP contribution in [0.25, 0.3) is 0 Å². The zero-order valence-corrected chi connectivity index (χ0v) is 13.7. The molecule has 0 aromatic heterocycles. The molecule has 0 heterocycles. The molecule has 1 aromatic rings. The van der Waals surface area contributed by atoms with Crippen LogP contribution in [0.5, 0.6) is 0 Å². The fraction of sp³-hybridized carbons (Fsp3) is 0.571. The number of nitrogens with one attached hydrogen (secondary N) is 1. The molecule has 1 aromatic carbocycles. The standard InChI is InChI=1S/C14H25N3O2S/c1-10(2)6-7-17(5)20(18,19)14-11(3)8-13(16-15)9-12(14)4/h8-10,16H,6-7,15H2,1-5H3. The fourth-order valence-corrected chi connectivity index (χ4v) is 3.75. The number of hydrogen-bond acceptors (Lipinski definition) is 4. The van der Waals surface area contributed by atoms with E-state index in [1.807, 2.05) is 0 Å². The number of benzene rings is 1. The average molecular weight is 299 g/mol. The third-order valence-electron chi connectivity index (χ3n) is 3.32. The van der Waals surface area contributed by atoms with Gasteiger partial charge in [0.1, 0.15) is 0 Å². The molecule has 5 nitrogen and oxygen atoms in total. The van der Waals surface area contributed by atoms with Gasteiger partial charge in [0.2, 0.25) is 10.0 Å². The normalized spacial score (nSPS) is 12.2. The predicted octanol–water partition coefficient (Wildman–Crippen LogP) is 2.26. The topological polar surface area (TPSA) is 75.4 Å². The Morgan fingerprint density at radius 1 is 1.25 bits per heavy atom. The van der Waals surface area contributed by atoms with Gasteiger partial charge < -0.3 is 5.43 Å². The van der Waals surface area contributed by atoms with Gasteiger partial charge in [-0.3, -0.25) is 5.84 Å². The lowest BCUT2D eigenvalue weighted by Gasteiger charge is -2.21. The molecular weight excluding hydrogens is 274 g/mol. The maximum Gasteiger partial charge on any atom is 0.243 e. The number of nitrogens with two attached hydrogens (primary N) is 1. The monoisotopic (exact) mass is 299 g/mol. The summed E-state index contributed by atoms with van der Waals surface area (Å²) >= 11 is 0. The largest absolute Gasteiger partial charge is 0.324 e. The van der Waals surface area contributed by atoms with Gasteiger partial charge in [-0.05, 0) is 49.4 Å². The number of hydrazine groups is 1. The number of sulfonamides is 1. The van der Waals surface area contributed by atoms with E-state index in [1.54, 1.807) is 33.0 Å². The molecule has 0 fully saturated rings. The molecule has 20 heavy (non-hydrogen) atoms. The zero-order chi connectivity index (χ0) is 15.5. The summed E-state index contributed by atoms with van der Waals surface area (Å²) in [6.07, 6.45) is 0.844. The molecule has 0 radical (unpaired) electrons. The van der Waals surface area contributed by atoms with Crippen molar-refractivity contribution in [1.82, 2.24) is 4.31 Å². The first kappa shape index (κ1) is 16.9. The van der Waals surface area contributed by atoms with Gasteiger partial charge in [0.25, 0.3) is 0 Å². The van der Waals surface area contributed by atoms with Gasteiger partial charge >= 0.3 is 0 Å². The molecule has 1 rings (SSSR count). The molecule has 0 bridgehead atoms. The van der Waals surface area contributed by atoms with E-state index < -0.39 is 10.0 Å². The van der Waals surface area contributed by atoms with Crippen molar-refractivity contribution in [1.29, 1.82) is 0 Å². The van der Waals surface area contributed by atoms with Crippen LogP contribution in [0.3, 0.4) is 0 Å². The quantitative estimate of drug-likeness (QED) is 0.624. The number of nitrogens with zero attached hydrogens (tertiary/aromatic N) is 1. The van der Waals surface area contributed by atoms with Gasteiger partial charge in [-0.15, -0.1) is 0 Å². The second kappa shape index (κ2) is 6.56. The highest BCUT2D eigenvalue weighted by Crippen LogP contribution is 2.26. The minimum atomic E-state index is -3.46. The van der Waals surface area contributed by atoms with Crippen LogP contribution in [0.1, 0.15) is 31.4 Å². The fourth-order valence-electron chi connectivity index (χ4n) is 2.16. The lowest BCUT2D eigenvalue weighted by atomic mass is 10.1. The smallest absolute Gasteiger partial charge is 0.243 e. The minimum absolute atomic E-state index is 0.378. The van der Waals surface area contributed by atoms with Crippen molar-refractivity contribution in [2.24, 2.45) is 11.8 Å². The van der Waals surface area contributed by atoms with E-state index in [4.69, 9.17) is 5.84 Å². The molecule has 0 spiro atoms. The maximum atomic E-state index is 12.7. The summed E-state index contributed by atoms with van der Waals surface area (Å²) in [7, 11) is -1.83. The molecule has 0 aliphatic carbocycles. The molecule has 0 amide bonds. The van der Waals surface area contributed by atoms with Gasteiger partial charge in [0.05, 0.1) is 4.90 Å². The summed E-state index contributed by atoms with van der Waals surface area (Å²) in [5.41, 5.74) is 4.67. The molecule has 3 N–H and O–H groups in total. The SMILES string of the molecule is Cc1cc(NN)cc(C)c1S(=O)(=O)N(C)CCC(C)C. The predicted molar refractivity (Wildman–Crippen MR) is 83.0 cm³/mol. The summed E-state index contributed by atoms with van der Waals surface area (Å²) in [5, 5.41) is 0. The van der Waals surface area contributed by atoms with E-state index in [1.165, 1.54) is 4.31 Å². The van der Waals surface area contributed by atoms with Crippen LogP contribution in [-0.4, -0.2) is 26.3 Å². The first-order valence-electron chi connectivity index (χ1n) is 6.74. The van der Waals surface area contributed by atoms with Crippen LogP contribution in [0.15, 0.2) is 17.0 Å². The van der Waals surface area contributed by atoms with Crippen LogP contribution in [0.4, 0.5) is 5.69 Å². The van der Waals surface area contributed by atoms with Crippen LogP contribution < -0.4 is 11.3 Å². The Kier molecular flexibility index (Phi) is 5.56. The van der Waals surface area contributed by atoms with Crippen molar-refractivity contribution in [3.05, 3.63) is 23.3 Å². The van der Waals surface area contributed by atoms with E-state index in [2.05, 4.69) is 19.3 Å². The summed E-state index contributed by atoms with van der Waals surface area (Å²) < 4.78 is 26.7. The second-order valence-electron chi connectivity index (χ2n) is 5.59. The van der Waals surface area contributed by atoms with Crippen LogP contribution in [0, 0.1) is 19.8 Å². The highest BCUT2D eigenvalue weighted by atomic mass is 32.2. The summed E-state index contributed by atoms with van der Waals surface area (Å²) in [6.45, 7) is 8.27. The molecule has 0 unspecified atom stereocenters. The molecule has 0 saturated heterocycles. The number of anilines is 1. The third-order valence-corrected chi connectivity index (χ3v) is 5.48. The second-order valence-corrected chi connectivity index (χ2v) is 7.57. The molecule has 0 atom stereocenters. The molecule has 0 saturated carbocycles. The molecule has 114 valence electrons. The van der Waals surface area contributed by atoms with Crippen LogP contribution in [0.2, 0.25) is 0 Å². The van der Waals surface area contributed by atoms with Crippen LogP contribution >= 0.6 is 0 Å². The number of aryl methyl sites for hydroxylation is 2. The molecule has 6 heteroatoms. The lowest BCUT2D eigenvalue weighted by molar-refractivity contribution is 0.427. The zero-order valence-electron chi connectivity index (χ0n) is 12.9. The Balaban J connectivity index is 3.15.